The van der Waals surface area contributed by atoms with Crippen LogP contribution in [0.25, 0.3) is 0 Å². The third kappa shape index (κ3) is 8.51. The number of nitrogens with zero attached hydrogens (tertiary/aromatic N) is 3. The summed E-state index contributed by atoms with van der Waals surface area (Å²) < 4.78 is 35.7. The molecule has 0 aromatic carbocycles. The van der Waals surface area contributed by atoms with Crippen molar-refractivity contribution in [2.45, 2.75) is 58.0 Å². The number of esters is 1. The standard InChI is InChI=1S/C19H30ClFN5O8P/c1-6-32-15(27)16(35(29)30)33-8-10(31-5)7-11(21)26-9-22-12-13(23-17(20)25-14(12)26)24-18(28)34-19(2,3)4/h10-11,16,22,29-30H,6-9H2,1-5H3,(H,23,24,25,28). The number of amides is 1. The molecular formula is C19H30ClFN5O8P. The average Bonchev–Trinajstić information content (AvgIpc) is 3.15. The molecule has 0 spiro atoms. The van der Waals surface area contributed by atoms with Crippen molar-refractivity contribution < 1.29 is 42.7 Å². The molecule has 3 atom stereocenters. The zero-order valence-electron chi connectivity index (χ0n) is 19.9. The zero-order chi connectivity index (χ0) is 26.3. The van der Waals surface area contributed by atoms with Gasteiger partial charge in [-0.3, -0.25) is 5.32 Å². The SMILES string of the molecule is CCOC(=O)C(OCC(CC(F)N1CNc2c(NC(=O)OC(C)(C)C)nc(Cl)nc21)OC)P(O)O. The van der Waals surface area contributed by atoms with Gasteiger partial charge in [-0.2, -0.15) is 9.97 Å². The molecule has 1 aromatic heterocycles. The first-order valence-corrected chi connectivity index (χ1v) is 12.3. The molecule has 0 saturated carbocycles. The van der Waals surface area contributed by atoms with Crippen molar-refractivity contribution >= 4 is 49.4 Å². The van der Waals surface area contributed by atoms with Gasteiger partial charge in [0.2, 0.25) is 19.5 Å². The number of fused-ring (bicyclic) bond motifs is 1. The topological polar surface area (TPSA) is 165 Å². The fourth-order valence-corrected chi connectivity index (χ4v) is 3.62. The number of ether oxygens (including phenoxy) is 4. The fraction of sp³-hybridized carbons (Fsp3) is 0.684. The Morgan fingerprint density at radius 3 is 2.60 bits per heavy atom. The molecule has 2 rings (SSSR count). The van der Waals surface area contributed by atoms with Gasteiger partial charge < -0.3 is 39.0 Å². The van der Waals surface area contributed by atoms with E-state index in [1.807, 2.05) is 0 Å². The van der Waals surface area contributed by atoms with Crippen LogP contribution in [0.4, 0.5) is 26.5 Å². The van der Waals surface area contributed by atoms with Gasteiger partial charge in [0.05, 0.1) is 26.0 Å². The van der Waals surface area contributed by atoms with E-state index in [9.17, 15) is 19.4 Å². The van der Waals surface area contributed by atoms with E-state index >= 15 is 4.39 Å². The quantitative estimate of drug-likeness (QED) is 0.140. The van der Waals surface area contributed by atoms with Gasteiger partial charge in [-0.1, -0.05) is 0 Å². The lowest BCUT2D eigenvalue weighted by atomic mass is 10.2. The van der Waals surface area contributed by atoms with E-state index in [2.05, 4.69) is 20.6 Å². The number of rotatable bonds is 11. The second-order valence-corrected chi connectivity index (χ2v) is 9.71. The summed E-state index contributed by atoms with van der Waals surface area (Å²) in [5, 5.41) is 5.17. The highest BCUT2D eigenvalue weighted by Gasteiger charge is 2.34. The highest BCUT2D eigenvalue weighted by atomic mass is 35.5. The van der Waals surface area contributed by atoms with Crippen LogP contribution in [0.5, 0.6) is 0 Å². The number of carbonyl (C=O) groups excluding carboxylic acids is 2. The molecule has 3 unspecified atom stereocenters. The highest BCUT2D eigenvalue weighted by molar-refractivity contribution is 7.46. The average molecular weight is 542 g/mol. The molecule has 0 fully saturated rings. The van der Waals surface area contributed by atoms with Crippen LogP contribution in [0.15, 0.2) is 0 Å². The molecule has 16 heteroatoms. The molecule has 0 radical (unpaired) electrons. The van der Waals surface area contributed by atoms with E-state index < -0.39 is 44.3 Å². The number of anilines is 3. The summed E-state index contributed by atoms with van der Waals surface area (Å²) in [7, 11) is -1.46. The molecule has 0 saturated heterocycles. The molecule has 198 valence electrons. The lowest BCUT2D eigenvalue weighted by molar-refractivity contribution is -0.153. The first-order valence-electron chi connectivity index (χ1n) is 10.6. The Hall–Kier alpha value is -2.09. The van der Waals surface area contributed by atoms with Crippen LogP contribution < -0.4 is 15.5 Å². The second-order valence-electron chi connectivity index (χ2n) is 8.26. The van der Waals surface area contributed by atoms with E-state index in [-0.39, 0.29) is 48.9 Å². The van der Waals surface area contributed by atoms with Crippen molar-refractivity contribution in [2.24, 2.45) is 0 Å². The van der Waals surface area contributed by atoms with Gasteiger partial charge >= 0.3 is 12.1 Å². The Labute approximate surface area is 208 Å². The number of aromatic nitrogens is 2. The minimum Gasteiger partial charge on any atom is -0.464 e. The maximum atomic E-state index is 15.3. The van der Waals surface area contributed by atoms with Crippen molar-refractivity contribution in [3.05, 3.63) is 5.28 Å². The zero-order valence-corrected chi connectivity index (χ0v) is 21.6. The number of hydrogen-bond acceptors (Lipinski definition) is 12. The number of nitrogens with one attached hydrogen (secondary N) is 2. The minimum absolute atomic E-state index is 0.0180. The van der Waals surface area contributed by atoms with Crippen molar-refractivity contribution in [3.8, 4) is 0 Å². The molecular weight excluding hydrogens is 512 g/mol. The molecule has 1 aliphatic rings. The molecule has 0 aliphatic carbocycles. The van der Waals surface area contributed by atoms with Crippen molar-refractivity contribution in [1.29, 1.82) is 0 Å². The monoisotopic (exact) mass is 541 g/mol. The van der Waals surface area contributed by atoms with Crippen LogP contribution in [0.1, 0.15) is 34.1 Å². The van der Waals surface area contributed by atoms with Gasteiger partial charge in [0.1, 0.15) is 11.3 Å². The van der Waals surface area contributed by atoms with Crippen LogP contribution in [0, 0.1) is 0 Å². The molecule has 2 heterocycles. The number of hydrogen-bond donors (Lipinski definition) is 4. The van der Waals surface area contributed by atoms with Gasteiger partial charge in [-0.25, -0.2) is 14.0 Å². The maximum Gasteiger partial charge on any atom is 0.413 e. The minimum atomic E-state index is -2.78. The highest BCUT2D eigenvalue weighted by Crippen LogP contribution is 2.38. The van der Waals surface area contributed by atoms with E-state index in [1.165, 1.54) is 12.0 Å². The van der Waals surface area contributed by atoms with E-state index in [0.717, 1.165) is 0 Å². The predicted molar refractivity (Wildman–Crippen MR) is 126 cm³/mol. The van der Waals surface area contributed by atoms with E-state index in [0.29, 0.717) is 0 Å². The van der Waals surface area contributed by atoms with Crippen LogP contribution in [-0.2, 0) is 23.7 Å². The number of methoxy groups -OCH3 is 1. The first kappa shape index (κ1) is 29.1. The van der Waals surface area contributed by atoms with E-state index in [1.54, 1.807) is 27.7 Å². The van der Waals surface area contributed by atoms with Crippen LogP contribution >= 0.6 is 20.0 Å². The van der Waals surface area contributed by atoms with E-state index in [4.69, 9.17) is 30.5 Å². The fourth-order valence-electron chi connectivity index (χ4n) is 2.97. The van der Waals surface area contributed by atoms with Gasteiger partial charge in [-0.05, 0) is 39.3 Å². The predicted octanol–water partition coefficient (Wildman–Crippen LogP) is 2.57. The largest absolute Gasteiger partial charge is 0.464 e. The Morgan fingerprint density at radius 1 is 1.34 bits per heavy atom. The molecule has 4 N–H and O–H groups in total. The Kier molecular flexibility index (Phi) is 10.6. The summed E-state index contributed by atoms with van der Waals surface area (Å²) >= 11 is 5.99. The Morgan fingerprint density at radius 2 is 2.03 bits per heavy atom. The molecule has 35 heavy (non-hydrogen) atoms. The third-order valence-electron chi connectivity index (χ3n) is 4.45. The van der Waals surface area contributed by atoms with Crippen LogP contribution in [0.3, 0.4) is 0 Å². The lowest BCUT2D eigenvalue weighted by Crippen LogP contribution is -2.37. The maximum absolute atomic E-state index is 15.3. The molecule has 1 aromatic rings. The number of alkyl halides is 1. The Bertz CT molecular complexity index is 894. The summed E-state index contributed by atoms with van der Waals surface area (Å²) in [6.45, 7) is 6.35. The summed E-state index contributed by atoms with van der Waals surface area (Å²) in [4.78, 5) is 52.1. The molecule has 13 nitrogen and oxygen atoms in total. The lowest BCUT2D eigenvalue weighted by Gasteiger charge is -2.26. The third-order valence-corrected chi connectivity index (χ3v) is 5.40. The molecule has 0 bridgehead atoms. The number of carbonyl (C=O) groups is 2. The number of halogens is 2. The normalized spacial score (nSPS) is 15.8. The van der Waals surface area contributed by atoms with Crippen molar-refractivity contribution in [3.63, 3.8) is 0 Å². The molecule has 1 amide bonds. The second kappa shape index (κ2) is 12.7. The van der Waals surface area contributed by atoms with Gasteiger partial charge in [0.15, 0.2) is 17.9 Å². The Balaban J connectivity index is 2.09. The smallest absolute Gasteiger partial charge is 0.413 e. The van der Waals surface area contributed by atoms with Gasteiger partial charge in [-0.15, -0.1) is 0 Å². The summed E-state index contributed by atoms with van der Waals surface area (Å²) in [6.07, 6.45) is -3.54. The van der Waals surface area contributed by atoms with Gasteiger partial charge in [0.25, 0.3) is 0 Å². The summed E-state index contributed by atoms with van der Waals surface area (Å²) in [6, 6.07) is 0. The van der Waals surface area contributed by atoms with Gasteiger partial charge in [0, 0.05) is 13.5 Å². The van der Waals surface area contributed by atoms with Crippen molar-refractivity contribution in [1.82, 2.24) is 9.97 Å². The van der Waals surface area contributed by atoms with Crippen LogP contribution in [0.2, 0.25) is 5.28 Å². The summed E-state index contributed by atoms with van der Waals surface area (Å²) in [5.41, 5.74) is -0.494. The van der Waals surface area contributed by atoms with Crippen LogP contribution in [-0.4, -0.2) is 82.7 Å². The summed E-state index contributed by atoms with van der Waals surface area (Å²) in [5.74, 6) is -2.42. The first-order chi connectivity index (χ1) is 16.4. The molecule has 1 aliphatic heterocycles. The van der Waals surface area contributed by atoms with Crippen molar-refractivity contribution in [2.75, 3.05) is 42.5 Å².